The molecule has 1 aromatic carbocycles. The normalized spacial score (nSPS) is 10.0. The molecule has 1 rings (SSSR count). The Kier molecular flexibility index (Phi) is 4.89. The first kappa shape index (κ1) is 14.2. The number of benzene rings is 1. The highest BCUT2D eigenvalue weighted by atomic mass is 16.5. The van der Waals surface area contributed by atoms with Gasteiger partial charge in [0.1, 0.15) is 6.54 Å². The second kappa shape index (κ2) is 6.19. The van der Waals surface area contributed by atoms with Gasteiger partial charge in [-0.3, -0.25) is 9.59 Å². The minimum absolute atomic E-state index is 0.0137. The zero-order chi connectivity index (χ0) is 13.7. The van der Waals surface area contributed by atoms with Crippen molar-refractivity contribution in [2.75, 3.05) is 20.7 Å². The van der Waals surface area contributed by atoms with Crippen LogP contribution in [-0.4, -0.2) is 37.5 Å². The first-order chi connectivity index (χ1) is 8.43. The average Bonchev–Trinajstić information content (AvgIpc) is 2.33. The lowest BCUT2D eigenvalue weighted by Gasteiger charge is -2.15. The summed E-state index contributed by atoms with van der Waals surface area (Å²) in [4.78, 5) is 24.3. The molecule has 0 aliphatic heterocycles. The standard InChI is InChI=1S/C14H19NO3/c1-10-5-6-12(7-11(10)2)8-13(16)15(3)9-14(17)18-4/h5-7H,8-9H2,1-4H3. The molecule has 0 heterocycles. The third kappa shape index (κ3) is 3.87. The molecule has 0 radical (unpaired) electrons. The molecule has 98 valence electrons. The van der Waals surface area contributed by atoms with Gasteiger partial charge in [0.25, 0.3) is 0 Å². The quantitative estimate of drug-likeness (QED) is 0.759. The molecule has 0 aromatic heterocycles. The van der Waals surface area contributed by atoms with Crippen molar-refractivity contribution in [3.05, 3.63) is 34.9 Å². The number of carbonyl (C=O) groups is 2. The number of hydrogen-bond acceptors (Lipinski definition) is 3. The maximum Gasteiger partial charge on any atom is 0.325 e. The van der Waals surface area contributed by atoms with E-state index in [4.69, 9.17) is 0 Å². The Morgan fingerprint density at radius 3 is 2.44 bits per heavy atom. The van der Waals surface area contributed by atoms with Gasteiger partial charge in [0.05, 0.1) is 13.5 Å². The number of ether oxygens (including phenoxy) is 1. The van der Waals surface area contributed by atoms with Gasteiger partial charge >= 0.3 is 5.97 Å². The number of amides is 1. The molecule has 0 N–H and O–H groups in total. The molecule has 4 nitrogen and oxygen atoms in total. The molecule has 0 aliphatic rings. The van der Waals surface area contributed by atoms with Crippen LogP contribution in [-0.2, 0) is 20.7 Å². The molecule has 0 aliphatic carbocycles. The van der Waals surface area contributed by atoms with Crippen LogP contribution in [0.15, 0.2) is 18.2 Å². The van der Waals surface area contributed by atoms with Crippen molar-refractivity contribution in [1.29, 1.82) is 0 Å². The summed E-state index contributed by atoms with van der Waals surface area (Å²) in [5, 5.41) is 0. The fraction of sp³-hybridized carbons (Fsp3) is 0.429. The topological polar surface area (TPSA) is 46.6 Å². The summed E-state index contributed by atoms with van der Waals surface area (Å²) in [5.74, 6) is -0.505. The van der Waals surface area contributed by atoms with Crippen LogP contribution in [0, 0.1) is 13.8 Å². The molecule has 0 fully saturated rings. The third-order valence-corrected chi connectivity index (χ3v) is 2.95. The summed E-state index contributed by atoms with van der Waals surface area (Å²) in [6.45, 7) is 4.03. The van der Waals surface area contributed by atoms with Crippen LogP contribution in [0.3, 0.4) is 0 Å². The number of nitrogens with zero attached hydrogens (tertiary/aromatic N) is 1. The predicted octanol–water partition coefficient (Wildman–Crippen LogP) is 1.48. The van der Waals surface area contributed by atoms with Crippen LogP contribution in [0.5, 0.6) is 0 Å². The molecule has 0 saturated heterocycles. The van der Waals surface area contributed by atoms with Crippen LogP contribution in [0.1, 0.15) is 16.7 Å². The minimum atomic E-state index is -0.411. The van der Waals surface area contributed by atoms with E-state index in [0.717, 1.165) is 11.1 Å². The van der Waals surface area contributed by atoms with Crippen LogP contribution >= 0.6 is 0 Å². The minimum Gasteiger partial charge on any atom is -0.468 e. The molecule has 4 heteroatoms. The number of aryl methyl sites for hydroxylation is 2. The van der Waals surface area contributed by atoms with Crippen molar-refractivity contribution in [2.24, 2.45) is 0 Å². The fourth-order valence-electron chi connectivity index (χ4n) is 1.57. The van der Waals surface area contributed by atoms with E-state index in [1.54, 1.807) is 7.05 Å². The van der Waals surface area contributed by atoms with E-state index in [0.29, 0.717) is 6.42 Å². The second-order valence-corrected chi connectivity index (χ2v) is 4.42. The van der Waals surface area contributed by atoms with Crippen molar-refractivity contribution in [1.82, 2.24) is 4.90 Å². The largest absolute Gasteiger partial charge is 0.468 e. The molecular formula is C14H19NO3. The fourth-order valence-corrected chi connectivity index (χ4v) is 1.57. The lowest BCUT2D eigenvalue weighted by molar-refractivity contribution is -0.145. The van der Waals surface area contributed by atoms with Gasteiger partial charge in [0, 0.05) is 7.05 Å². The SMILES string of the molecule is COC(=O)CN(C)C(=O)Cc1ccc(C)c(C)c1. The number of esters is 1. The number of methoxy groups -OCH3 is 1. The van der Waals surface area contributed by atoms with Gasteiger partial charge in [0.2, 0.25) is 5.91 Å². The summed E-state index contributed by atoms with van der Waals surface area (Å²) >= 11 is 0. The molecule has 1 aromatic rings. The van der Waals surface area contributed by atoms with E-state index in [-0.39, 0.29) is 12.5 Å². The Hall–Kier alpha value is -1.84. The zero-order valence-electron chi connectivity index (χ0n) is 11.3. The van der Waals surface area contributed by atoms with E-state index in [2.05, 4.69) is 4.74 Å². The highest BCUT2D eigenvalue weighted by Gasteiger charge is 2.13. The molecule has 0 bridgehead atoms. The Morgan fingerprint density at radius 1 is 1.22 bits per heavy atom. The average molecular weight is 249 g/mol. The van der Waals surface area contributed by atoms with Gasteiger partial charge in [-0.1, -0.05) is 18.2 Å². The van der Waals surface area contributed by atoms with Crippen molar-refractivity contribution < 1.29 is 14.3 Å². The Morgan fingerprint density at radius 2 is 1.89 bits per heavy atom. The van der Waals surface area contributed by atoms with Gasteiger partial charge < -0.3 is 9.64 Å². The van der Waals surface area contributed by atoms with E-state index in [1.807, 2.05) is 32.0 Å². The summed E-state index contributed by atoms with van der Waals surface area (Å²) in [7, 11) is 2.91. The first-order valence-corrected chi connectivity index (χ1v) is 5.81. The molecule has 0 unspecified atom stereocenters. The van der Waals surface area contributed by atoms with Crippen molar-refractivity contribution >= 4 is 11.9 Å². The van der Waals surface area contributed by atoms with Gasteiger partial charge in [-0.25, -0.2) is 0 Å². The van der Waals surface area contributed by atoms with E-state index in [9.17, 15) is 9.59 Å². The van der Waals surface area contributed by atoms with E-state index in [1.165, 1.54) is 17.6 Å². The van der Waals surface area contributed by atoms with Crippen LogP contribution in [0.4, 0.5) is 0 Å². The van der Waals surface area contributed by atoms with Crippen LogP contribution in [0.2, 0.25) is 0 Å². The maximum absolute atomic E-state index is 11.9. The number of rotatable bonds is 4. The van der Waals surface area contributed by atoms with Crippen molar-refractivity contribution in [3.63, 3.8) is 0 Å². The zero-order valence-corrected chi connectivity index (χ0v) is 11.3. The van der Waals surface area contributed by atoms with Gasteiger partial charge in [0.15, 0.2) is 0 Å². The Bertz CT molecular complexity index is 454. The van der Waals surface area contributed by atoms with Crippen LogP contribution in [0.25, 0.3) is 0 Å². The first-order valence-electron chi connectivity index (χ1n) is 5.81. The molecule has 0 atom stereocenters. The van der Waals surface area contributed by atoms with Crippen LogP contribution < -0.4 is 0 Å². The molecule has 1 amide bonds. The monoisotopic (exact) mass is 249 g/mol. The summed E-state index contributed by atoms with van der Waals surface area (Å²) < 4.78 is 4.52. The van der Waals surface area contributed by atoms with E-state index < -0.39 is 5.97 Å². The molecular weight excluding hydrogens is 230 g/mol. The maximum atomic E-state index is 11.9. The van der Waals surface area contributed by atoms with Gasteiger partial charge in [-0.2, -0.15) is 0 Å². The summed E-state index contributed by atoms with van der Waals surface area (Å²) in [5.41, 5.74) is 3.32. The summed E-state index contributed by atoms with van der Waals surface area (Å²) in [6, 6.07) is 5.93. The van der Waals surface area contributed by atoms with Gasteiger partial charge in [-0.15, -0.1) is 0 Å². The highest BCUT2D eigenvalue weighted by Crippen LogP contribution is 2.11. The highest BCUT2D eigenvalue weighted by molar-refractivity contribution is 5.83. The molecule has 0 saturated carbocycles. The molecule has 0 spiro atoms. The predicted molar refractivity (Wildman–Crippen MR) is 69.3 cm³/mol. The van der Waals surface area contributed by atoms with Crippen molar-refractivity contribution in [2.45, 2.75) is 20.3 Å². The summed E-state index contributed by atoms with van der Waals surface area (Å²) in [6.07, 6.45) is 0.300. The van der Waals surface area contributed by atoms with Gasteiger partial charge in [-0.05, 0) is 30.5 Å². The Balaban J connectivity index is 2.63. The lowest BCUT2D eigenvalue weighted by atomic mass is 10.0. The second-order valence-electron chi connectivity index (χ2n) is 4.42. The van der Waals surface area contributed by atoms with E-state index >= 15 is 0 Å². The lowest BCUT2D eigenvalue weighted by Crippen LogP contribution is -2.33. The Labute approximate surface area is 108 Å². The number of likely N-dealkylation sites (N-methyl/N-ethyl adjacent to an activating group) is 1. The molecule has 18 heavy (non-hydrogen) atoms. The smallest absolute Gasteiger partial charge is 0.325 e. The third-order valence-electron chi connectivity index (χ3n) is 2.95. The van der Waals surface area contributed by atoms with Crippen molar-refractivity contribution in [3.8, 4) is 0 Å². The number of carbonyl (C=O) groups excluding carboxylic acids is 2. The number of hydrogen-bond donors (Lipinski definition) is 0.